The molecule has 1 amide bonds. The van der Waals surface area contributed by atoms with Crippen LogP contribution in [0.15, 0.2) is 6.20 Å². The molecule has 0 bridgehead atoms. The normalized spacial score (nSPS) is 17.4. The number of H-pyrrole nitrogens is 1. The highest BCUT2D eigenvalue weighted by Gasteiger charge is 2.24. The van der Waals surface area contributed by atoms with Gasteiger partial charge in [0.25, 0.3) is 5.91 Å². The highest BCUT2D eigenvalue weighted by molar-refractivity contribution is 9.09. The van der Waals surface area contributed by atoms with Gasteiger partial charge >= 0.3 is 0 Å². The van der Waals surface area contributed by atoms with Crippen LogP contribution in [-0.2, 0) is 4.74 Å². The van der Waals surface area contributed by atoms with Crippen LogP contribution in [0.25, 0.3) is 0 Å². The van der Waals surface area contributed by atoms with Crippen LogP contribution in [0.5, 0.6) is 0 Å². The van der Waals surface area contributed by atoms with Crippen LogP contribution in [0, 0.1) is 0 Å². The van der Waals surface area contributed by atoms with E-state index in [-0.39, 0.29) is 12.0 Å². The number of nitrogens with zero attached hydrogens (tertiary/aromatic N) is 3. The Morgan fingerprint density at radius 3 is 2.94 bits per heavy atom. The van der Waals surface area contributed by atoms with E-state index < -0.39 is 0 Å². The highest BCUT2D eigenvalue weighted by Crippen LogP contribution is 2.15. The molecule has 1 saturated heterocycles. The molecule has 0 atom stereocenters. The molecule has 0 unspecified atom stereocenters. The molecular weight excluding hydrogens is 288 g/mol. The number of ether oxygens (including phenoxy) is 1. The number of hydrogen-bond donors (Lipinski definition) is 1. The van der Waals surface area contributed by atoms with E-state index in [1.54, 1.807) is 4.90 Å². The monoisotopic (exact) mass is 302 g/mol. The molecule has 1 aliphatic heterocycles. The second kappa shape index (κ2) is 6.11. The molecule has 94 valence electrons. The lowest BCUT2D eigenvalue weighted by atomic mass is 10.1. The number of nitrogens with one attached hydrogen (secondary N) is 1. The third-order valence-electron chi connectivity index (χ3n) is 2.79. The number of likely N-dealkylation sites (tertiary alicyclic amines) is 1. The van der Waals surface area contributed by atoms with Gasteiger partial charge in [0.15, 0.2) is 5.69 Å². The Morgan fingerprint density at radius 2 is 2.35 bits per heavy atom. The number of rotatable bonds is 4. The number of piperidine rings is 1. The van der Waals surface area contributed by atoms with Crippen molar-refractivity contribution in [2.45, 2.75) is 18.9 Å². The Balaban J connectivity index is 1.81. The number of hydrogen-bond acceptors (Lipinski definition) is 4. The number of aromatic nitrogens is 3. The fraction of sp³-hybridized carbons (Fsp3) is 0.700. The van der Waals surface area contributed by atoms with Gasteiger partial charge in [0.2, 0.25) is 0 Å². The first-order valence-electron chi connectivity index (χ1n) is 5.64. The summed E-state index contributed by atoms with van der Waals surface area (Å²) in [7, 11) is 0. The number of carbonyl (C=O) groups is 1. The van der Waals surface area contributed by atoms with Crippen molar-refractivity contribution in [3.05, 3.63) is 11.9 Å². The van der Waals surface area contributed by atoms with Crippen LogP contribution >= 0.6 is 15.9 Å². The van der Waals surface area contributed by atoms with Crippen molar-refractivity contribution in [1.29, 1.82) is 0 Å². The maximum Gasteiger partial charge on any atom is 0.276 e. The maximum absolute atomic E-state index is 11.9. The van der Waals surface area contributed by atoms with Crippen LogP contribution in [0.4, 0.5) is 0 Å². The third kappa shape index (κ3) is 3.26. The van der Waals surface area contributed by atoms with Crippen molar-refractivity contribution in [3.8, 4) is 0 Å². The number of amides is 1. The topological polar surface area (TPSA) is 71.1 Å². The zero-order valence-electron chi connectivity index (χ0n) is 9.43. The summed E-state index contributed by atoms with van der Waals surface area (Å²) in [4.78, 5) is 13.7. The first-order chi connectivity index (χ1) is 8.31. The average molecular weight is 303 g/mol. The highest BCUT2D eigenvalue weighted by atomic mass is 79.9. The van der Waals surface area contributed by atoms with Crippen molar-refractivity contribution < 1.29 is 9.53 Å². The van der Waals surface area contributed by atoms with E-state index in [2.05, 4.69) is 31.3 Å². The van der Waals surface area contributed by atoms with E-state index in [4.69, 9.17) is 4.74 Å². The van der Waals surface area contributed by atoms with Crippen LogP contribution in [-0.4, -0.2) is 57.3 Å². The van der Waals surface area contributed by atoms with E-state index >= 15 is 0 Å². The Morgan fingerprint density at radius 1 is 1.59 bits per heavy atom. The van der Waals surface area contributed by atoms with Crippen molar-refractivity contribution in [3.63, 3.8) is 0 Å². The van der Waals surface area contributed by atoms with Gasteiger partial charge in [-0.15, -0.1) is 0 Å². The molecule has 2 rings (SSSR count). The second-order valence-electron chi connectivity index (χ2n) is 3.91. The smallest absolute Gasteiger partial charge is 0.276 e. The fourth-order valence-corrected chi connectivity index (χ4v) is 2.09. The summed E-state index contributed by atoms with van der Waals surface area (Å²) in [6, 6.07) is 0. The molecule has 1 aromatic heterocycles. The summed E-state index contributed by atoms with van der Waals surface area (Å²) in [6.07, 6.45) is 3.50. The maximum atomic E-state index is 11.9. The number of carbonyl (C=O) groups excluding carboxylic acids is 1. The molecule has 1 fully saturated rings. The molecule has 0 spiro atoms. The van der Waals surface area contributed by atoms with Gasteiger partial charge in [0, 0.05) is 18.4 Å². The SMILES string of the molecule is O=C(c1cn[nH]n1)N1CCC(OCCBr)CC1. The third-order valence-corrected chi connectivity index (χ3v) is 3.12. The van der Waals surface area contributed by atoms with Crippen LogP contribution < -0.4 is 0 Å². The molecule has 1 aliphatic rings. The van der Waals surface area contributed by atoms with Gasteiger partial charge in [0.1, 0.15) is 0 Å². The largest absolute Gasteiger partial charge is 0.377 e. The molecule has 1 N–H and O–H groups in total. The number of alkyl halides is 1. The van der Waals surface area contributed by atoms with Crippen LogP contribution in [0.2, 0.25) is 0 Å². The lowest BCUT2D eigenvalue weighted by molar-refractivity contribution is 0.0158. The lowest BCUT2D eigenvalue weighted by Gasteiger charge is -2.31. The summed E-state index contributed by atoms with van der Waals surface area (Å²) < 4.78 is 5.63. The van der Waals surface area contributed by atoms with Crippen LogP contribution in [0.3, 0.4) is 0 Å². The predicted octanol–water partition coefficient (Wildman–Crippen LogP) is 0.821. The Bertz CT molecular complexity index is 349. The molecular formula is C10H15BrN4O2. The van der Waals surface area contributed by atoms with Gasteiger partial charge in [-0.25, -0.2) is 0 Å². The first kappa shape index (κ1) is 12.5. The van der Waals surface area contributed by atoms with E-state index in [0.29, 0.717) is 5.69 Å². The van der Waals surface area contributed by atoms with E-state index in [1.807, 2.05) is 0 Å². The van der Waals surface area contributed by atoms with Gasteiger partial charge in [-0.05, 0) is 12.8 Å². The zero-order chi connectivity index (χ0) is 12.1. The van der Waals surface area contributed by atoms with Crippen LogP contribution in [0.1, 0.15) is 23.3 Å². The van der Waals surface area contributed by atoms with E-state index in [0.717, 1.165) is 37.9 Å². The molecule has 6 nitrogen and oxygen atoms in total. The molecule has 0 aliphatic carbocycles. The lowest BCUT2D eigenvalue weighted by Crippen LogP contribution is -2.41. The second-order valence-corrected chi connectivity index (χ2v) is 4.70. The molecule has 0 saturated carbocycles. The van der Waals surface area contributed by atoms with E-state index in [9.17, 15) is 4.79 Å². The van der Waals surface area contributed by atoms with E-state index in [1.165, 1.54) is 6.20 Å². The summed E-state index contributed by atoms with van der Waals surface area (Å²) in [5, 5.41) is 10.7. The molecule has 0 aromatic carbocycles. The fourth-order valence-electron chi connectivity index (χ4n) is 1.90. The minimum atomic E-state index is -0.0577. The molecule has 0 radical (unpaired) electrons. The molecule has 2 heterocycles. The van der Waals surface area contributed by atoms with Crippen molar-refractivity contribution >= 4 is 21.8 Å². The van der Waals surface area contributed by atoms with Gasteiger partial charge in [-0.3, -0.25) is 4.79 Å². The van der Waals surface area contributed by atoms with Crippen molar-refractivity contribution in [2.24, 2.45) is 0 Å². The Hall–Kier alpha value is -0.950. The minimum Gasteiger partial charge on any atom is -0.377 e. The summed E-state index contributed by atoms with van der Waals surface area (Å²) in [5.41, 5.74) is 0.379. The summed E-state index contributed by atoms with van der Waals surface area (Å²) in [6.45, 7) is 2.17. The molecule has 1 aromatic rings. The van der Waals surface area contributed by atoms with Crippen molar-refractivity contribution in [2.75, 3.05) is 25.0 Å². The predicted molar refractivity (Wildman–Crippen MR) is 65.1 cm³/mol. The Labute approximate surface area is 108 Å². The van der Waals surface area contributed by atoms with Gasteiger partial charge in [-0.2, -0.15) is 15.4 Å². The van der Waals surface area contributed by atoms with Gasteiger partial charge in [-0.1, -0.05) is 15.9 Å². The first-order valence-corrected chi connectivity index (χ1v) is 6.76. The Kier molecular flexibility index (Phi) is 4.49. The molecule has 7 heteroatoms. The average Bonchev–Trinajstić information content (AvgIpc) is 2.90. The summed E-state index contributed by atoms with van der Waals surface area (Å²) in [5.74, 6) is -0.0577. The number of aromatic amines is 1. The van der Waals surface area contributed by atoms with Gasteiger partial charge < -0.3 is 9.64 Å². The van der Waals surface area contributed by atoms with Crippen molar-refractivity contribution in [1.82, 2.24) is 20.3 Å². The van der Waals surface area contributed by atoms with Gasteiger partial charge in [0.05, 0.1) is 18.9 Å². The zero-order valence-corrected chi connectivity index (χ0v) is 11.0. The quantitative estimate of drug-likeness (QED) is 0.836. The molecule has 17 heavy (non-hydrogen) atoms. The minimum absolute atomic E-state index is 0.0577. The standard InChI is InChI=1S/C10H15BrN4O2/c11-3-6-17-8-1-4-15(5-2-8)10(16)9-7-12-14-13-9/h7-8H,1-6H2,(H,12,13,14). The summed E-state index contributed by atoms with van der Waals surface area (Å²) >= 11 is 3.33. The number of halogens is 1.